The number of nitrogens with zero attached hydrogens (tertiary/aromatic N) is 3. The van der Waals surface area contributed by atoms with Crippen LogP contribution in [0.25, 0.3) is 0 Å². The predicted molar refractivity (Wildman–Crippen MR) is 109 cm³/mol. The van der Waals surface area contributed by atoms with Crippen molar-refractivity contribution in [2.75, 3.05) is 17.3 Å². The summed E-state index contributed by atoms with van der Waals surface area (Å²) in [6.45, 7) is 5.21. The van der Waals surface area contributed by atoms with Gasteiger partial charge in [-0.2, -0.15) is 10.1 Å². The summed E-state index contributed by atoms with van der Waals surface area (Å²) in [7, 11) is 0. The van der Waals surface area contributed by atoms with E-state index in [0.717, 1.165) is 17.0 Å². The number of nitrogens with one attached hydrogen (secondary N) is 2. The molecule has 0 bridgehead atoms. The maximum atomic E-state index is 5.43. The first-order valence-corrected chi connectivity index (χ1v) is 8.88. The van der Waals surface area contributed by atoms with Crippen LogP contribution in [0.15, 0.2) is 65.8 Å². The van der Waals surface area contributed by atoms with Gasteiger partial charge in [-0.05, 0) is 49.2 Å². The van der Waals surface area contributed by atoms with Gasteiger partial charge in [0.25, 0.3) is 0 Å². The van der Waals surface area contributed by atoms with Crippen LogP contribution in [0.1, 0.15) is 23.7 Å². The largest absolute Gasteiger partial charge is 0.494 e. The number of ether oxygens (including phenoxy) is 1. The van der Waals surface area contributed by atoms with Crippen LogP contribution in [-0.2, 0) is 6.54 Å². The van der Waals surface area contributed by atoms with Crippen molar-refractivity contribution < 1.29 is 4.74 Å². The van der Waals surface area contributed by atoms with Crippen molar-refractivity contribution in [3.8, 4) is 5.75 Å². The van der Waals surface area contributed by atoms with Crippen LogP contribution in [0.3, 0.4) is 0 Å². The summed E-state index contributed by atoms with van der Waals surface area (Å²) in [5, 5.41) is 7.49. The molecule has 0 aliphatic carbocycles. The van der Waals surface area contributed by atoms with Crippen LogP contribution < -0.4 is 15.5 Å². The highest BCUT2D eigenvalue weighted by Crippen LogP contribution is 2.12. The average molecular weight is 361 g/mol. The normalized spacial score (nSPS) is 10.7. The highest BCUT2D eigenvalue weighted by atomic mass is 16.5. The van der Waals surface area contributed by atoms with Crippen LogP contribution in [0.5, 0.6) is 5.75 Å². The third-order valence-corrected chi connectivity index (χ3v) is 3.73. The lowest BCUT2D eigenvalue weighted by molar-refractivity contribution is 0.340. The number of benzene rings is 2. The fraction of sp³-hybridized carbons (Fsp3) is 0.190. The zero-order valence-corrected chi connectivity index (χ0v) is 15.5. The van der Waals surface area contributed by atoms with Crippen LogP contribution in [0.2, 0.25) is 0 Å². The molecule has 138 valence electrons. The summed E-state index contributed by atoms with van der Waals surface area (Å²) in [5.74, 6) is 2.06. The van der Waals surface area contributed by atoms with Gasteiger partial charge in [0, 0.05) is 18.3 Å². The quantitative estimate of drug-likeness (QED) is 0.464. The van der Waals surface area contributed by atoms with E-state index in [-0.39, 0.29) is 0 Å². The van der Waals surface area contributed by atoms with E-state index in [1.54, 1.807) is 6.21 Å². The first-order valence-electron chi connectivity index (χ1n) is 8.88. The van der Waals surface area contributed by atoms with Crippen LogP contribution >= 0.6 is 0 Å². The van der Waals surface area contributed by atoms with E-state index in [1.807, 2.05) is 62.4 Å². The zero-order valence-electron chi connectivity index (χ0n) is 15.5. The monoisotopic (exact) mass is 361 g/mol. The molecule has 0 aliphatic heterocycles. The van der Waals surface area contributed by atoms with E-state index < -0.39 is 0 Å². The fourth-order valence-corrected chi connectivity index (χ4v) is 2.47. The van der Waals surface area contributed by atoms with E-state index >= 15 is 0 Å². The Morgan fingerprint density at radius 2 is 1.81 bits per heavy atom. The number of hydrogen-bond acceptors (Lipinski definition) is 6. The lowest BCUT2D eigenvalue weighted by Crippen LogP contribution is -2.06. The highest BCUT2D eigenvalue weighted by molar-refractivity contribution is 5.80. The first-order chi connectivity index (χ1) is 13.2. The van der Waals surface area contributed by atoms with Crippen molar-refractivity contribution in [2.24, 2.45) is 5.10 Å². The Morgan fingerprint density at radius 1 is 1.04 bits per heavy atom. The average Bonchev–Trinajstić information content (AvgIpc) is 2.68. The molecule has 0 unspecified atom stereocenters. The molecule has 1 aromatic heterocycles. The number of aryl methyl sites for hydroxylation is 1. The van der Waals surface area contributed by atoms with E-state index in [9.17, 15) is 0 Å². The van der Waals surface area contributed by atoms with Crippen molar-refractivity contribution in [2.45, 2.75) is 20.4 Å². The molecule has 6 heteroatoms. The van der Waals surface area contributed by atoms with Gasteiger partial charge in [0.2, 0.25) is 5.95 Å². The van der Waals surface area contributed by atoms with Crippen LogP contribution in [0, 0.1) is 6.92 Å². The van der Waals surface area contributed by atoms with Gasteiger partial charge in [-0.1, -0.05) is 30.3 Å². The van der Waals surface area contributed by atoms with Crippen molar-refractivity contribution in [1.29, 1.82) is 0 Å². The molecule has 0 radical (unpaired) electrons. The molecule has 0 amide bonds. The third-order valence-electron chi connectivity index (χ3n) is 3.73. The molecule has 0 spiro atoms. The van der Waals surface area contributed by atoms with Crippen molar-refractivity contribution >= 4 is 18.0 Å². The summed E-state index contributed by atoms with van der Waals surface area (Å²) in [6, 6.07) is 19.7. The molecule has 0 saturated heterocycles. The van der Waals surface area contributed by atoms with Gasteiger partial charge in [-0.3, -0.25) is 5.43 Å². The zero-order chi connectivity index (χ0) is 18.9. The topological polar surface area (TPSA) is 71.4 Å². The van der Waals surface area contributed by atoms with E-state index in [4.69, 9.17) is 4.74 Å². The summed E-state index contributed by atoms with van der Waals surface area (Å²) in [6.07, 6.45) is 1.74. The number of hydrazone groups is 1. The summed E-state index contributed by atoms with van der Waals surface area (Å²) in [4.78, 5) is 8.87. The van der Waals surface area contributed by atoms with E-state index in [0.29, 0.717) is 24.9 Å². The number of anilines is 2. The van der Waals surface area contributed by atoms with Crippen LogP contribution in [0.4, 0.5) is 11.8 Å². The highest BCUT2D eigenvalue weighted by Gasteiger charge is 2.02. The van der Waals surface area contributed by atoms with Gasteiger partial charge in [-0.15, -0.1) is 0 Å². The van der Waals surface area contributed by atoms with Crippen molar-refractivity contribution in [3.05, 3.63) is 77.5 Å². The maximum absolute atomic E-state index is 5.43. The van der Waals surface area contributed by atoms with E-state index in [2.05, 4.69) is 37.9 Å². The second kappa shape index (κ2) is 9.33. The Balaban J connectivity index is 1.60. The molecule has 3 aromatic rings. The number of rotatable bonds is 8. The van der Waals surface area contributed by atoms with Gasteiger partial charge in [0.05, 0.1) is 12.8 Å². The first kappa shape index (κ1) is 18.4. The number of aromatic nitrogens is 2. The Hall–Kier alpha value is -3.41. The van der Waals surface area contributed by atoms with Gasteiger partial charge in [0.1, 0.15) is 5.75 Å². The predicted octanol–water partition coefficient (Wildman–Crippen LogP) is 4.24. The Labute approximate surface area is 159 Å². The molecule has 0 atom stereocenters. The Kier molecular flexibility index (Phi) is 6.35. The lowest BCUT2D eigenvalue weighted by Gasteiger charge is -2.08. The van der Waals surface area contributed by atoms with Crippen LogP contribution in [-0.4, -0.2) is 22.8 Å². The standard InChI is InChI=1S/C21H23N5O/c1-3-27-19-11-9-18(10-12-19)15-23-26-20-13-16(2)24-21(25-20)22-14-17-7-5-4-6-8-17/h4-13,15H,3,14H2,1-2H3,(H2,22,24,25,26)/b23-15-. The summed E-state index contributed by atoms with van der Waals surface area (Å²) < 4.78 is 5.43. The van der Waals surface area contributed by atoms with Crippen molar-refractivity contribution in [3.63, 3.8) is 0 Å². The Bertz CT molecular complexity index is 879. The SMILES string of the molecule is CCOc1ccc(/C=N\Nc2cc(C)nc(NCc3ccccc3)n2)cc1. The fourth-order valence-electron chi connectivity index (χ4n) is 2.47. The number of hydrogen-bond donors (Lipinski definition) is 2. The second-order valence-electron chi connectivity index (χ2n) is 5.93. The lowest BCUT2D eigenvalue weighted by atomic mass is 10.2. The molecular formula is C21H23N5O. The molecule has 27 heavy (non-hydrogen) atoms. The van der Waals surface area contributed by atoms with E-state index in [1.165, 1.54) is 5.56 Å². The molecule has 1 heterocycles. The second-order valence-corrected chi connectivity index (χ2v) is 5.93. The minimum absolute atomic E-state index is 0.567. The van der Waals surface area contributed by atoms with Gasteiger partial charge >= 0.3 is 0 Å². The minimum Gasteiger partial charge on any atom is -0.494 e. The van der Waals surface area contributed by atoms with Gasteiger partial charge in [-0.25, -0.2) is 4.98 Å². The van der Waals surface area contributed by atoms with Gasteiger partial charge < -0.3 is 10.1 Å². The van der Waals surface area contributed by atoms with Crippen molar-refractivity contribution in [1.82, 2.24) is 9.97 Å². The maximum Gasteiger partial charge on any atom is 0.225 e. The molecular weight excluding hydrogens is 338 g/mol. The molecule has 0 saturated carbocycles. The molecule has 2 N–H and O–H groups in total. The third kappa shape index (κ3) is 5.81. The molecule has 0 aliphatic rings. The molecule has 0 fully saturated rings. The smallest absolute Gasteiger partial charge is 0.225 e. The summed E-state index contributed by atoms with van der Waals surface area (Å²) >= 11 is 0. The summed E-state index contributed by atoms with van der Waals surface area (Å²) in [5.41, 5.74) is 5.96. The molecule has 3 rings (SSSR count). The minimum atomic E-state index is 0.567. The Morgan fingerprint density at radius 3 is 2.56 bits per heavy atom. The molecule has 6 nitrogen and oxygen atoms in total. The van der Waals surface area contributed by atoms with Gasteiger partial charge in [0.15, 0.2) is 5.82 Å². The molecule has 2 aromatic carbocycles.